The molecule has 1 saturated carbocycles. The van der Waals surface area contributed by atoms with Gasteiger partial charge in [0, 0.05) is 25.7 Å². The molecule has 218 valence electrons. The number of hydroxylamine groups is 1. The van der Waals surface area contributed by atoms with Crippen LogP contribution in [0.3, 0.4) is 0 Å². The fourth-order valence-corrected chi connectivity index (χ4v) is 4.79. The Morgan fingerprint density at radius 3 is 2.30 bits per heavy atom. The van der Waals surface area contributed by atoms with Crippen LogP contribution in [-0.2, 0) is 38.8 Å². The molecule has 0 aromatic heterocycles. The van der Waals surface area contributed by atoms with Crippen LogP contribution in [0.2, 0.25) is 0 Å². The lowest BCUT2D eigenvalue weighted by molar-refractivity contribution is -0.180. The van der Waals surface area contributed by atoms with Crippen molar-refractivity contribution in [3.63, 3.8) is 0 Å². The first-order valence-electron chi connectivity index (χ1n) is 14.4. The van der Waals surface area contributed by atoms with Crippen LogP contribution >= 0.6 is 0 Å². The molecule has 2 aromatic carbocycles. The Labute approximate surface area is 238 Å². The number of amides is 1. The van der Waals surface area contributed by atoms with E-state index in [0.717, 1.165) is 47.9 Å². The third kappa shape index (κ3) is 11.6. The lowest BCUT2D eigenvalue weighted by atomic mass is 9.84. The van der Waals surface area contributed by atoms with Crippen molar-refractivity contribution in [2.75, 3.05) is 6.61 Å². The van der Waals surface area contributed by atoms with Crippen LogP contribution in [0.4, 0.5) is 0 Å². The predicted molar refractivity (Wildman–Crippen MR) is 157 cm³/mol. The number of hydrogen-bond acceptors (Lipinski definition) is 6. The molecule has 0 radical (unpaired) electrons. The highest BCUT2D eigenvalue weighted by Crippen LogP contribution is 2.27. The summed E-state index contributed by atoms with van der Waals surface area (Å²) in [5, 5.41) is 16.4. The molecule has 1 unspecified atom stereocenters. The number of carboxylic acids is 1. The number of aliphatic carboxylic acids is 1. The molecule has 1 amide bonds. The summed E-state index contributed by atoms with van der Waals surface area (Å²) in [4.78, 5) is 29.1. The average molecular weight is 552 g/mol. The van der Waals surface area contributed by atoms with Gasteiger partial charge >= 0.3 is 5.97 Å². The van der Waals surface area contributed by atoms with Gasteiger partial charge in [-0.25, -0.2) is 10.3 Å². The minimum absolute atomic E-state index is 0.221. The number of ether oxygens (including phenoxy) is 1. The molecule has 1 aliphatic rings. The van der Waals surface area contributed by atoms with E-state index in [1.807, 2.05) is 38.1 Å². The Morgan fingerprint density at radius 2 is 1.62 bits per heavy atom. The zero-order valence-corrected chi connectivity index (χ0v) is 24.0. The minimum Gasteiger partial charge on any atom is -0.480 e. The number of hydrogen-bond donors (Lipinski definition) is 4. The number of carbonyl (C=O) groups is 2. The quantitative estimate of drug-likeness (QED) is 0.129. The van der Waals surface area contributed by atoms with Crippen LogP contribution in [0, 0.1) is 11.8 Å². The van der Waals surface area contributed by atoms with Gasteiger partial charge in [-0.2, -0.15) is 0 Å². The predicted octanol–water partition coefficient (Wildman–Crippen LogP) is 5.18. The summed E-state index contributed by atoms with van der Waals surface area (Å²) in [6.45, 7) is 8.35. The average Bonchev–Trinajstić information content (AvgIpc) is 2.95. The van der Waals surface area contributed by atoms with Crippen molar-refractivity contribution < 1.29 is 24.3 Å². The van der Waals surface area contributed by atoms with E-state index in [2.05, 4.69) is 40.4 Å². The Balaban J connectivity index is 1.39. The normalized spacial score (nSPS) is 15.8. The van der Waals surface area contributed by atoms with Gasteiger partial charge in [-0.3, -0.25) is 9.59 Å². The number of carbonyl (C=O) groups excluding carboxylic acids is 1. The second-order valence-corrected chi connectivity index (χ2v) is 11.0. The topological polar surface area (TPSA) is 109 Å². The van der Waals surface area contributed by atoms with Gasteiger partial charge in [-0.1, -0.05) is 81.6 Å². The summed E-state index contributed by atoms with van der Waals surface area (Å²) >= 11 is 0. The van der Waals surface area contributed by atoms with Gasteiger partial charge in [0.25, 0.3) is 5.91 Å². The molecule has 0 bridgehead atoms. The van der Waals surface area contributed by atoms with Gasteiger partial charge in [0.1, 0.15) is 6.04 Å². The maximum Gasteiger partial charge on any atom is 0.320 e. The van der Waals surface area contributed by atoms with Crippen LogP contribution in [0.5, 0.6) is 0 Å². The third-order valence-electron chi connectivity index (χ3n) is 6.96. The van der Waals surface area contributed by atoms with E-state index in [1.165, 1.54) is 12.5 Å². The SMILES string of the molecule is CC(C)COC(C)ONC(=O)C=Cc1cccc(CNCc2ccc(CN[C@H](C(=O)O)C3CCCCC3)cc2)c1. The van der Waals surface area contributed by atoms with E-state index in [4.69, 9.17) is 9.57 Å². The maximum absolute atomic E-state index is 12.1. The van der Waals surface area contributed by atoms with Gasteiger partial charge in [0.05, 0.1) is 6.61 Å². The molecule has 8 nitrogen and oxygen atoms in total. The zero-order valence-electron chi connectivity index (χ0n) is 24.0. The molecule has 0 aliphatic heterocycles. The fraction of sp³-hybridized carbons (Fsp3) is 0.500. The maximum atomic E-state index is 12.1. The van der Waals surface area contributed by atoms with Gasteiger partial charge in [-0.05, 0) is 59.9 Å². The van der Waals surface area contributed by atoms with Crippen LogP contribution in [-0.4, -0.2) is 35.9 Å². The third-order valence-corrected chi connectivity index (χ3v) is 6.96. The second kappa shape index (κ2) is 16.9. The lowest BCUT2D eigenvalue weighted by Crippen LogP contribution is -2.43. The molecule has 0 heterocycles. The van der Waals surface area contributed by atoms with Crippen molar-refractivity contribution in [2.24, 2.45) is 11.8 Å². The molecule has 0 saturated heterocycles. The highest BCUT2D eigenvalue weighted by Gasteiger charge is 2.28. The molecule has 1 fully saturated rings. The molecule has 2 aromatic rings. The molecular weight excluding hydrogens is 506 g/mol. The van der Waals surface area contributed by atoms with Crippen LogP contribution in [0.1, 0.15) is 75.1 Å². The Kier molecular flexibility index (Phi) is 13.3. The van der Waals surface area contributed by atoms with E-state index < -0.39 is 18.3 Å². The Hall–Kier alpha value is -3.04. The summed E-state index contributed by atoms with van der Waals surface area (Å²) in [7, 11) is 0. The summed E-state index contributed by atoms with van der Waals surface area (Å²) in [5.74, 6) is -0.489. The Bertz CT molecular complexity index is 1080. The smallest absolute Gasteiger partial charge is 0.320 e. The number of rotatable bonds is 16. The highest BCUT2D eigenvalue weighted by molar-refractivity contribution is 5.90. The summed E-state index contributed by atoms with van der Waals surface area (Å²) in [6, 6.07) is 15.8. The largest absolute Gasteiger partial charge is 0.480 e. The van der Waals surface area contributed by atoms with Crippen molar-refractivity contribution in [1.82, 2.24) is 16.1 Å². The van der Waals surface area contributed by atoms with Crippen molar-refractivity contribution >= 4 is 18.0 Å². The van der Waals surface area contributed by atoms with Crippen molar-refractivity contribution in [2.45, 2.75) is 84.8 Å². The molecule has 8 heteroatoms. The standard InChI is InChI=1S/C32H45N3O5/c1-23(2)22-39-24(3)40-35-30(36)17-16-25-8-7-9-28(18-25)20-33-19-26-12-14-27(15-13-26)21-34-31(32(37)38)29-10-5-4-6-11-29/h7-9,12-18,23-24,29,31,33-34H,4-6,10-11,19-22H2,1-3H3,(H,35,36)(H,37,38)/t24?,31-/m0/s1. The zero-order chi connectivity index (χ0) is 28.7. The number of carboxylic acid groups (broad SMARTS) is 1. The van der Waals surface area contributed by atoms with Gasteiger partial charge in [-0.15, -0.1) is 0 Å². The second-order valence-electron chi connectivity index (χ2n) is 11.0. The molecule has 3 rings (SSSR count). The first kappa shape index (κ1) is 31.5. The van der Waals surface area contributed by atoms with E-state index in [-0.39, 0.29) is 11.8 Å². The monoisotopic (exact) mass is 551 g/mol. The molecule has 0 spiro atoms. The van der Waals surface area contributed by atoms with E-state index in [1.54, 1.807) is 13.0 Å². The van der Waals surface area contributed by atoms with Gasteiger partial charge in [0.2, 0.25) is 0 Å². The van der Waals surface area contributed by atoms with Crippen LogP contribution in [0.15, 0.2) is 54.6 Å². The first-order valence-corrected chi connectivity index (χ1v) is 14.4. The number of benzene rings is 2. The van der Waals surface area contributed by atoms with Crippen molar-refractivity contribution in [3.05, 3.63) is 76.9 Å². The summed E-state index contributed by atoms with van der Waals surface area (Å²) in [6.07, 6.45) is 8.11. The minimum atomic E-state index is -0.748. The van der Waals surface area contributed by atoms with Crippen molar-refractivity contribution in [3.8, 4) is 0 Å². The Morgan fingerprint density at radius 1 is 0.950 bits per heavy atom. The molecule has 4 N–H and O–H groups in total. The van der Waals surface area contributed by atoms with Crippen molar-refractivity contribution in [1.29, 1.82) is 0 Å². The molecule has 2 atom stereocenters. The van der Waals surface area contributed by atoms with Crippen LogP contribution < -0.4 is 16.1 Å². The first-order chi connectivity index (χ1) is 19.3. The fourth-order valence-electron chi connectivity index (χ4n) is 4.79. The van der Waals surface area contributed by atoms with E-state index >= 15 is 0 Å². The summed E-state index contributed by atoms with van der Waals surface area (Å²) in [5.41, 5.74) is 6.65. The van der Waals surface area contributed by atoms with Gasteiger partial charge in [0.15, 0.2) is 6.29 Å². The highest BCUT2D eigenvalue weighted by atomic mass is 16.8. The molecular formula is C32H45N3O5. The summed E-state index contributed by atoms with van der Waals surface area (Å²) < 4.78 is 5.47. The van der Waals surface area contributed by atoms with E-state index in [0.29, 0.717) is 32.2 Å². The van der Waals surface area contributed by atoms with E-state index in [9.17, 15) is 14.7 Å². The van der Waals surface area contributed by atoms with Crippen LogP contribution in [0.25, 0.3) is 6.08 Å². The number of nitrogens with one attached hydrogen (secondary N) is 3. The molecule has 40 heavy (non-hydrogen) atoms. The lowest BCUT2D eigenvalue weighted by Gasteiger charge is -2.28. The van der Waals surface area contributed by atoms with Gasteiger partial charge < -0.3 is 20.5 Å². The molecule has 1 aliphatic carbocycles.